The minimum Gasteiger partial charge on any atom is -0.325 e. The van der Waals surface area contributed by atoms with E-state index in [1.165, 1.54) is 23.1 Å². The molecular weight excluding hydrogens is 392 g/mol. The summed E-state index contributed by atoms with van der Waals surface area (Å²) in [6.07, 6.45) is 0. The van der Waals surface area contributed by atoms with Gasteiger partial charge in [-0.1, -0.05) is 18.2 Å². The average Bonchev–Trinajstić information content (AvgIpc) is 2.70. The quantitative estimate of drug-likeness (QED) is 0.732. The van der Waals surface area contributed by atoms with E-state index in [0.29, 0.717) is 5.56 Å². The SMILES string of the molecule is CC(c1ccc(F)c(F)c1)N(C)CC(=O)Nc1cccc(CN2CCSCC2)c1. The highest BCUT2D eigenvalue weighted by Gasteiger charge is 2.17. The van der Waals surface area contributed by atoms with E-state index in [4.69, 9.17) is 0 Å². The minimum absolute atomic E-state index is 0.145. The number of benzene rings is 2. The predicted molar refractivity (Wildman–Crippen MR) is 115 cm³/mol. The lowest BCUT2D eigenvalue weighted by atomic mass is 10.1. The molecule has 1 atom stereocenters. The number of hydrogen-bond donors (Lipinski definition) is 1. The lowest BCUT2D eigenvalue weighted by molar-refractivity contribution is -0.117. The zero-order valence-corrected chi connectivity index (χ0v) is 17.6. The van der Waals surface area contributed by atoms with Crippen LogP contribution in [0.3, 0.4) is 0 Å². The number of hydrogen-bond acceptors (Lipinski definition) is 4. The van der Waals surface area contributed by atoms with Gasteiger partial charge in [-0.25, -0.2) is 8.78 Å². The lowest BCUT2D eigenvalue weighted by Gasteiger charge is -2.26. The van der Waals surface area contributed by atoms with Gasteiger partial charge in [0.1, 0.15) is 0 Å². The smallest absolute Gasteiger partial charge is 0.238 e. The van der Waals surface area contributed by atoms with E-state index in [9.17, 15) is 13.6 Å². The molecule has 2 aromatic carbocycles. The van der Waals surface area contributed by atoms with Gasteiger partial charge < -0.3 is 5.32 Å². The molecule has 1 saturated heterocycles. The fraction of sp³-hybridized carbons (Fsp3) is 0.409. The van der Waals surface area contributed by atoms with Gasteiger partial charge in [0.05, 0.1) is 6.54 Å². The molecule has 0 radical (unpaired) electrons. The summed E-state index contributed by atoms with van der Waals surface area (Å²) in [5, 5.41) is 2.94. The van der Waals surface area contributed by atoms with Crippen molar-refractivity contribution in [1.82, 2.24) is 9.80 Å². The highest BCUT2D eigenvalue weighted by atomic mass is 32.2. The molecule has 0 saturated carbocycles. The molecule has 1 aliphatic rings. The Morgan fingerprint density at radius 3 is 2.66 bits per heavy atom. The van der Waals surface area contributed by atoms with Gasteiger partial charge in [0, 0.05) is 42.9 Å². The first-order valence-electron chi connectivity index (χ1n) is 9.76. The molecule has 4 nitrogen and oxygen atoms in total. The van der Waals surface area contributed by atoms with E-state index in [2.05, 4.69) is 16.3 Å². The molecule has 1 fully saturated rings. The van der Waals surface area contributed by atoms with Crippen molar-refractivity contribution in [2.45, 2.75) is 19.5 Å². The van der Waals surface area contributed by atoms with Crippen LogP contribution in [0.25, 0.3) is 0 Å². The van der Waals surface area contributed by atoms with Gasteiger partial charge in [-0.05, 0) is 49.4 Å². The maximum Gasteiger partial charge on any atom is 0.238 e. The molecule has 1 heterocycles. The summed E-state index contributed by atoms with van der Waals surface area (Å²) in [6.45, 7) is 5.07. The molecule has 1 amide bonds. The highest BCUT2D eigenvalue weighted by molar-refractivity contribution is 7.99. The Morgan fingerprint density at radius 1 is 1.17 bits per heavy atom. The van der Waals surface area contributed by atoms with Crippen LogP contribution in [-0.2, 0) is 11.3 Å². The maximum atomic E-state index is 13.5. The van der Waals surface area contributed by atoms with Gasteiger partial charge in [0.15, 0.2) is 11.6 Å². The summed E-state index contributed by atoms with van der Waals surface area (Å²) >= 11 is 1.99. The Labute approximate surface area is 175 Å². The molecule has 0 aromatic heterocycles. The number of rotatable bonds is 7. The number of nitrogens with one attached hydrogen (secondary N) is 1. The van der Waals surface area contributed by atoms with Crippen LogP contribution in [0.1, 0.15) is 24.1 Å². The number of amides is 1. The van der Waals surface area contributed by atoms with Crippen molar-refractivity contribution in [1.29, 1.82) is 0 Å². The zero-order chi connectivity index (χ0) is 20.8. The number of halogens is 2. The third-order valence-electron chi connectivity index (χ3n) is 5.20. The molecule has 3 rings (SSSR count). The predicted octanol–water partition coefficient (Wildman–Crippen LogP) is 4.15. The summed E-state index contributed by atoms with van der Waals surface area (Å²) in [5.41, 5.74) is 2.58. The summed E-state index contributed by atoms with van der Waals surface area (Å²) in [6, 6.07) is 11.5. The van der Waals surface area contributed by atoms with Crippen LogP contribution in [0.2, 0.25) is 0 Å². The van der Waals surface area contributed by atoms with Crippen molar-refractivity contribution >= 4 is 23.4 Å². The summed E-state index contributed by atoms with van der Waals surface area (Å²) in [7, 11) is 1.79. The Kier molecular flexibility index (Phi) is 7.64. The second-order valence-electron chi connectivity index (χ2n) is 7.40. The molecule has 156 valence electrons. The third-order valence-corrected chi connectivity index (χ3v) is 6.14. The normalized spacial score (nSPS) is 16.0. The average molecular weight is 420 g/mol. The number of nitrogens with zero attached hydrogens (tertiary/aromatic N) is 2. The number of carbonyl (C=O) groups is 1. The number of carbonyl (C=O) groups excluding carboxylic acids is 1. The highest BCUT2D eigenvalue weighted by Crippen LogP contribution is 2.21. The molecule has 7 heteroatoms. The second-order valence-corrected chi connectivity index (χ2v) is 8.63. The number of anilines is 1. The van der Waals surface area contributed by atoms with E-state index < -0.39 is 11.6 Å². The van der Waals surface area contributed by atoms with Gasteiger partial charge in [-0.3, -0.25) is 14.6 Å². The van der Waals surface area contributed by atoms with E-state index in [1.54, 1.807) is 18.0 Å². The van der Waals surface area contributed by atoms with Crippen LogP contribution in [0.4, 0.5) is 14.5 Å². The Bertz CT molecular complexity index is 843. The summed E-state index contributed by atoms with van der Waals surface area (Å²) in [4.78, 5) is 16.7. The van der Waals surface area contributed by atoms with Crippen LogP contribution >= 0.6 is 11.8 Å². The van der Waals surface area contributed by atoms with Crippen molar-refractivity contribution in [3.05, 3.63) is 65.2 Å². The van der Waals surface area contributed by atoms with Crippen LogP contribution in [0.5, 0.6) is 0 Å². The summed E-state index contributed by atoms with van der Waals surface area (Å²) in [5.74, 6) is 0.437. The molecule has 0 bridgehead atoms. The van der Waals surface area contributed by atoms with Crippen molar-refractivity contribution in [3.63, 3.8) is 0 Å². The third kappa shape index (κ3) is 6.26. The first kappa shape index (κ1) is 21.7. The topological polar surface area (TPSA) is 35.6 Å². The van der Waals surface area contributed by atoms with Crippen LogP contribution in [0, 0.1) is 11.6 Å². The molecule has 29 heavy (non-hydrogen) atoms. The Hall–Kier alpha value is -1.96. The van der Waals surface area contributed by atoms with E-state index in [1.807, 2.05) is 36.9 Å². The number of thioether (sulfide) groups is 1. The van der Waals surface area contributed by atoms with Gasteiger partial charge in [0.2, 0.25) is 5.91 Å². The molecule has 2 aromatic rings. The first-order chi connectivity index (χ1) is 13.9. The van der Waals surface area contributed by atoms with Crippen LogP contribution < -0.4 is 5.32 Å². The maximum absolute atomic E-state index is 13.5. The monoisotopic (exact) mass is 419 g/mol. The molecule has 0 spiro atoms. The zero-order valence-electron chi connectivity index (χ0n) is 16.8. The molecule has 1 unspecified atom stereocenters. The minimum atomic E-state index is -0.878. The van der Waals surface area contributed by atoms with Gasteiger partial charge in [0.25, 0.3) is 0 Å². The van der Waals surface area contributed by atoms with E-state index >= 15 is 0 Å². The first-order valence-corrected chi connectivity index (χ1v) is 10.9. The Balaban J connectivity index is 1.55. The largest absolute Gasteiger partial charge is 0.325 e. The van der Waals surface area contributed by atoms with Gasteiger partial charge in [-0.2, -0.15) is 11.8 Å². The molecular formula is C22H27F2N3OS. The van der Waals surface area contributed by atoms with Crippen molar-refractivity contribution in [2.24, 2.45) is 0 Å². The van der Waals surface area contributed by atoms with E-state index in [0.717, 1.165) is 31.4 Å². The Morgan fingerprint density at radius 2 is 1.93 bits per heavy atom. The molecule has 0 aliphatic carbocycles. The van der Waals surface area contributed by atoms with Crippen molar-refractivity contribution < 1.29 is 13.6 Å². The fourth-order valence-electron chi connectivity index (χ4n) is 3.36. The second kappa shape index (κ2) is 10.2. The summed E-state index contributed by atoms with van der Waals surface area (Å²) < 4.78 is 26.6. The van der Waals surface area contributed by atoms with Crippen LogP contribution in [0.15, 0.2) is 42.5 Å². The lowest BCUT2D eigenvalue weighted by Crippen LogP contribution is -2.32. The standard InChI is InChI=1S/C22H27F2N3OS/c1-16(18-6-7-20(23)21(24)13-18)26(2)15-22(28)25-19-5-3-4-17(12-19)14-27-8-10-29-11-9-27/h3-7,12-13,16H,8-11,14-15H2,1-2H3,(H,25,28). The molecule has 1 N–H and O–H groups in total. The van der Waals surface area contributed by atoms with Crippen molar-refractivity contribution in [3.8, 4) is 0 Å². The molecule has 1 aliphatic heterocycles. The van der Waals surface area contributed by atoms with Gasteiger partial charge >= 0.3 is 0 Å². The number of likely N-dealkylation sites (N-methyl/N-ethyl adjacent to an activating group) is 1. The van der Waals surface area contributed by atoms with Crippen molar-refractivity contribution in [2.75, 3.05) is 43.5 Å². The fourth-order valence-corrected chi connectivity index (χ4v) is 4.33. The van der Waals surface area contributed by atoms with Crippen LogP contribution in [-0.4, -0.2) is 53.9 Å². The van der Waals surface area contributed by atoms with Gasteiger partial charge in [-0.15, -0.1) is 0 Å². The van der Waals surface area contributed by atoms with E-state index in [-0.39, 0.29) is 18.5 Å².